The van der Waals surface area contributed by atoms with Crippen LogP contribution in [0.25, 0.3) is 0 Å². The monoisotopic (exact) mass is 207 g/mol. The van der Waals surface area contributed by atoms with Crippen molar-refractivity contribution in [2.45, 2.75) is 38.6 Å². The third-order valence-corrected chi connectivity index (χ3v) is 3.58. The first-order valence-corrected chi connectivity index (χ1v) is 5.70. The van der Waals surface area contributed by atoms with Crippen molar-refractivity contribution in [2.24, 2.45) is 11.7 Å². The van der Waals surface area contributed by atoms with Crippen LogP contribution in [0.4, 0.5) is 4.39 Å². The van der Waals surface area contributed by atoms with Gasteiger partial charge in [0, 0.05) is 6.04 Å². The van der Waals surface area contributed by atoms with E-state index in [1.807, 2.05) is 13.0 Å². The molecule has 1 saturated carbocycles. The Morgan fingerprint density at radius 3 is 2.67 bits per heavy atom. The molecular formula is C13H18FN. The molecule has 1 aromatic rings. The van der Waals surface area contributed by atoms with Gasteiger partial charge in [-0.2, -0.15) is 0 Å². The van der Waals surface area contributed by atoms with E-state index in [1.165, 1.54) is 31.7 Å². The second-order valence-electron chi connectivity index (χ2n) is 4.52. The molecule has 0 saturated heterocycles. The molecule has 0 unspecified atom stereocenters. The van der Waals surface area contributed by atoms with Crippen LogP contribution < -0.4 is 5.73 Å². The number of rotatable bonds is 2. The van der Waals surface area contributed by atoms with Gasteiger partial charge in [-0.3, -0.25) is 0 Å². The lowest BCUT2D eigenvalue weighted by molar-refractivity contribution is 0.441. The molecule has 0 aliphatic heterocycles. The molecule has 2 rings (SSSR count). The van der Waals surface area contributed by atoms with Crippen molar-refractivity contribution in [1.82, 2.24) is 0 Å². The lowest BCUT2D eigenvalue weighted by Crippen LogP contribution is -2.20. The van der Waals surface area contributed by atoms with Crippen molar-refractivity contribution in [2.75, 3.05) is 0 Å². The molecule has 2 heteroatoms. The van der Waals surface area contributed by atoms with Crippen LogP contribution in [0.5, 0.6) is 0 Å². The fourth-order valence-corrected chi connectivity index (χ4v) is 2.56. The summed E-state index contributed by atoms with van der Waals surface area (Å²) >= 11 is 0. The second kappa shape index (κ2) is 4.31. The molecule has 0 amide bonds. The van der Waals surface area contributed by atoms with Gasteiger partial charge in [-0.25, -0.2) is 4.39 Å². The van der Waals surface area contributed by atoms with Gasteiger partial charge in [-0.15, -0.1) is 0 Å². The molecule has 0 bridgehead atoms. The molecule has 1 aliphatic carbocycles. The van der Waals surface area contributed by atoms with Gasteiger partial charge in [0.1, 0.15) is 5.82 Å². The molecule has 1 fully saturated rings. The van der Waals surface area contributed by atoms with Gasteiger partial charge < -0.3 is 5.73 Å². The molecule has 1 aromatic carbocycles. The summed E-state index contributed by atoms with van der Waals surface area (Å²) in [6, 6.07) is 5.23. The van der Waals surface area contributed by atoms with Crippen molar-refractivity contribution >= 4 is 0 Å². The summed E-state index contributed by atoms with van der Waals surface area (Å²) in [4.78, 5) is 0. The smallest absolute Gasteiger partial charge is 0.126 e. The lowest BCUT2D eigenvalue weighted by atomic mass is 9.90. The average molecular weight is 207 g/mol. The van der Waals surface area contributed by atoms with Gasteiger partial charge in [0.25, 0.3) is 0 Å². The minimum Gasteiger partial charge on any atom is -0.324 e. The fraction of sp³-hybridized carbons (Fsp3) is 0.538. The van der Waals surface area contributed by atoms with Crippen LogP contribution >= 0.6 is 0 Å². The molecule has 2 N–H and O–H groups in total. The van der Waals surface area contributed by atoms with E-state index < -0.39 is 0 Å². The minimum atomic E-state index is -0.138. The van der Waals surface area contributed by atoms with E-state index in [2.05, 4.69) is 0 Å². The quantitative estimate of drug-likeness (QED) is 0.791. The van der Waals surface area contributed by atoms with Crippen LogP contribution in [-0.4, -0.2) is 0 Å². The molecule has 82 valence electrons. The van der Waals surface area contributed by atoms with Crippen molar-refractivity contribution in [3.8, 4) is 0 Å². The van der Waals surface area contributed by atoms with Crippen molar-refractivity contribution in [3.63, 3.8) is 0 Å². The molecule has 1 nitrogen and oxygen atoms in total. The summed E-state index contributed by atoms with van der Waals surface area (Å²) in [5, 5.41) is 0. The highest BCUT2D eigenvalue weighted by Crippen LogP contribution is 2.35. The Balaban J connectivity index is 2.24. The average Bonchev–Trinajstić information content (AvgIpc) is 2.74. The zero-order chi connectivity index (χ0) is 10.8. The predicted octanol–water partition coefficient (Wildman–Crippen LogP) is 3.32. The summed E-state index contributed by atoms with van der Waals surface area (Å²) in [6.45, 7) is 1.82. The van der Waals surface area contributed by atoms with Gasteiger partial charge in [0.15, 0.2) is 0 Å². The Labute approximate surface area is 90.5 Å². The standard InChI is InChI=1S/C13H18FN/c1-9-11(7-4-8-12(9)14)13(15)10-5-2-3-6-10/h4,7-8,10,13H,2-3,5-6,15H2,1H3/t13-/m1/s1. The molecule has 1 atom stereocenters. The van der Waals surface area contributed by atoms with E-state index in [-0.39, 0.29) is 11.9 Å². The number of halogens is 1. The SMILES string of the molecule is Cc1c(F)cccc1[C@H](N)C1CCCC1. The summed E-state index contributed by atoms with van der Waals surface area (Å²) in [5.41, 5.74) is 7.91. The van der Waals surface area contributed by atoms with Crippen molar-refractivity contribution < 1.29 is 4.39 Å². The van der Waals surface area contributed by atoms with Gasteiger partial charge in [-0.1, -0.05) is 25.0 Å². The van der Waals surface area contributed by atoms with E-state index in [0.29, 0.717) is 5.92 Å². The Kier molecular flexibility index (Phi) is 3.06. The van der Waals surface area contributed by atoms with Crippen LogP contribution in [0, 0.1) is 18.7 Å². The molecule has 15 heavy (non-hydrogen) atoms. The highest BCUT2D eigenvalue weighted by Gasteiger charge is 2.24. The first-order chi connectivity index (χ1) is 7.20. The molecule has 0 radical (unpaired) electrons. The summed E-state index contributed by atoms with van der Waals surface area (Å²) in [6.07, 6.45) is 4.92. The number of hydrogen-bond donors (Lipinski definition) is 1. The molecular weight excluding hydrogens is 189 g/mol. The first-order valence-electron chi connectivity index (χ1n) is 5.70. The maximum absolute atomic E-state index is 13.4. The number of hydrogen-bond acceptors (Lipinski definition) is 1. The normalized spacial score (nSPS) is 19.4. The maximum atomic E-state index is 13.4. The van der Waals surface area contributed by atoms with E-state index in [4.69, 9.17) is 5.73 Å². The number of benzene rings is 1. The Morgan fingerprint density at radius 1 is 1.33 bits per heavy atom. The topological polar surface area (TPSA) is 26.0 Å². The first kappa shape index (κ1) is 10.6. The van der Waals surface area contributed by atoms with Crippen LogP contribution in [0.2, 0.25) is 0 Å². The summed E-state index contributed by atoms with van der Waals surface area (Å²) in [5.74, 6) is 0.409. The Hall–Kier alpha value is -0.890. The molecule has 0 heterocycles. The van der Waals surface area contributed by atoms with Crippen LogP contribution in [0.3, 0.4) is 0 Å². The minimum absolute atomic E-state index is 0.0169. The Bertz CT molecular complexity index is 342. The molecule has 0 spiro atoms. The molecule has 0 aromatic heterocycles. The fourth-order valence-electron chi connectivity index (χ4n) is 2.56. The van der Waals surface area contributed by atoms with Gasteiger partial charge >= 0.3 is 0 Å². The molecule has 1 aliphatic rings. The van der Waals surface area contributed by atoms with E-state index in [9.17, 15) is 4.39 Å². The van der Waals surface area contributed by atoms with Crippen LogP contribution in [0.1, 0.15) is 42.9 Å². The van der Waals surface area contributed by atoms with Crippen molar-refractivity contribution in [1.29, 1.82) is 0 Å². The van der Waals surface area contributed by atoms with Gasteiger partial charge in [0.2, 0.25) is 0 Å². The predicted molar refractivity (Wildman–Crippen MR) is 60.0 cm³/mol. The largest absolute Gasteiger partial charge is 0.324 e. The summed E-state index contributed by atoms with van der Waals surface area (Å²) < 4.78 is 13.4. The number of nitrogens with two attached hydrogens (primary N) is 1. The highest BCUT2D eigenvalue weighted by molar-refractivity contribution is 5.30. The zero-order valence-corrected chi connectivity index (χ0v) is 9.17. The second-order valence-corrected chi connectivity index (χ2v) is 4.52. The van der Waals surface area contributed by atoms with E-state index in [1.54, 1.807) is 6.07 Å². The third kappa shape index (κ3) is 2.05. The third-order valence-electron chi connectivity index (χ3n) is 3.58. The maximum Gasteiger partial charge on any atom is 0.126 e. The van der Waals surface area contributed by atoms with Crippen molar-refractivity contribution in [3.05, 3.63) is 35.1 Å². The van der Waals surface area contributed by atoms with E-state index in [0.717, 1.165) is 11.1 Å². The zero-order valence-electron chi connectivity index (χ0n) is 9.17. The van der Waals surface area contributed by atoms with Gasteiger partial charge in [-0.05, 0) is 42.9 Å². The Morgan fingerprint density at radius 2 is 2.00 bits per heavy atom. The van der Waals surface area contributed by atoms with Gasteiger partial charge in [0.05, 0.1) is 0 Å². The van der Waals surface area contributed by atoms with Crippen LogP contribution in [-0.2, 0) is 0 Å². The van der Waals surface area contributed by atoms with E-state index >= 15 is 0 Å². The highest BCUT2D eigenvalue weighted by atomic mass is 19.1. The lowest BCUT2D eigenvalue weighted by Gasteiger charge is -2.21. The summed E-state index contributed by atoms with van der Waals surface area (Å²) in [7, 11) is 0. The van der Waals surface area contributed by atoms with Crippen LogP contribution in [0.15, 0.2) is 18.2 Å².